The van der Waals surface area contributed by atoms with E-state index in [1.54, 1.807) is 6.20 Å². The minimum Gasteiger partial charge on any atom is -0.322 e. The average molecular weight is 279 g/mol. The fraction of sp³-hybridized carbons (Fsp3) is 0.429. The molecule has 0 saturated carbocycles. The molecule has 0 bridgehead atoms. The van der Waals surface area contributed by atoms with Gasteiger partial charge < -0.3 is 5.73 Å². The highest BCUT2D eigenvalue weighted by Crippen LogP contribution is 2.24. The predicted molar refractivity (Wildman–Crippen MR) is 77.3 cm³/mol. The summed E-state index contributed by atoms with van der Waals surface area (Å²) in [6.07, 6.45) is 2.43. The zero-order valence-electron chi connectivity index (χ0n) is 11.5. The van der Waals surface area contributed by atoms with Gasteiger partial charge in [-0.25, -0.2) is 0 Å². The van der Waals surface area contributed by atoms with Gasteiger partial charge in [-0.15, -0.1) is 0 Å². The molecule has 4 nitrogen and oxygen atoms in total. The maximum Gasteiger partial charge on any atom is 0.0847 e. The summed E-state index contributed by atoms with van der Waals surface area (Å²) in [5, 5.41) is 5.11. The molecule has 5 heteroatoms. The zero-order chi connectivity index (χ0) is 14.0. The summed E-state index contributed by atoms with van der Waals surface area (Å²) in [6, 6.07) is 3.81. The van der Waals surface area contributed by atoms with Crippen molar-refractivity contribution in [1.29, 1.82) is 0 Å². The van der Waals surface area contributed by atoms with E-state index in [0.29, 0.717) is 11.4 Å². The molecule has 0 spiro atoms. The van der Waals surface area contributed by atoms with Crippen LogP contribution in [0.5, 0.6) is 0 Å². The van der Waals surface area contributed by atoms with E-state index in [4.69, 9.17) is 17.3 Å². The number of aryl methyl sites for hydroxylation is 3. The molecule has 2 rings (SSSR count). The van der Waals surface area contributed by atoms with E-state index in [0.717, 1.165) is 29.2 Å². The molecule has 102 valence electrons. The number of nitrogens with zero attached hydrogens (tertiary/aromatic N) is 3. The lowest BCUT2D eigenvalue weighted by Crippen LogP contribution is -2.17. The molecule has 2 N–H and O–H groups in total. The summed E-state index contributed by atoms with van der Waals surface area (Å²) < 4.78 is 1.91. The van der Waals surface area contributed by atoms with Gasteiger partial charge in [-0.05, 0) is 38.5 Å². The smallest absolute Gasteiger partial charge is 0.0847 e. The van der Waals surface area contributed by atoms with Crippen LogP contribution in [0, 0.1) is 13.8 Å². The van der Waals surface area contributed by atoms with E-state index >= 15 is 0 Å². The van der Waals surface area contributed by atoms with Crippen molar-refractivity contribution >= 4 is 11.6 Å². The van der Waals surface area contributed by atoms with Crippen LogP contribution in [0.4, 0.5) is 0 Å². The second kappa shape index (κ2) is 5.72. The molecule has 1 unspecified atom stereocenters. The summed E-state index contributed by atoms with van der Waals surface area (Å²) >= 11 is 6.30. The minimum atomic E-state index is -0.168. The van der Waals surface area contributed by atoms with Crippen molar-refractivity contribution in [3.63, 3.8) is 0 Å². The summed E-state index contributed by atoms with van der Waals surface area (Å²) in [6.45, 7) is 6.78. The number of pyridine rings is 1. The van der Waals surface area contributed by atoms with Crippen molar-refractivity contribution in [2.45, 2.75) is 39.8 Å². The van der Waals surface area contributed by atoms with Crippen LogP contribution in [-0.4, -0.2) is 14.8 Å². The van der Waals surface area contributed by atoms with Gasteiger partial charge in [-0.1, -0.05) is 11.6 Å². The molecule has 0 amide bonds. The molecule has 0 aliphatic heterocycles. The van der Waals surface area contributed by atoms with Gasteiger partial charge in [-0.2, -0.15) is 5.10 Å². The standard InChI is InChI=1S/C14H19ClN4/c1-4-19-13(14(15)10(3)18-19)8-11(16)12-7-9(2)5-6-17-12/h5-7,11H,4,8,16H2,1-3H3. The number of rotatable bonds is 4. The largest absolute Gasteiger partial charge is 0.322 e. The van der Waals surface area contributed by atoms with E-state index in [-0.39, 0.29) is 6.04 Å². The Morgan fingerprint density at radius 1 is 1.42 bits per heavy atom. The van der Waals surface area contributed by atoms with Gasteiger partial charge in [0.25, 0.3) is 0 Å². The number of hydrogen-bond donors (Lipinski definition) is 1. The van der Waals surface area contributed by atoms with Crippen molar-refractivity contribution in [2.75, 3.05) is 0 Å². The molecule has 0 aliphatic carbocycles. The van der Waals surface area contributed by atoms with Gasteiger partial charge in [0.15, 0.2) is 0 Å². The minimum absolute atomic E-state index is 0.168. The number of hydrogen-bond acceptors (Lipinski definition) is 3. The number of aromatic nitrogens is 3. The third kappa shape index (κ3) is 2.96. The van der Waals surface area contributed by atoms with Crippen LogP contribution in [0.3, 0.4) is 0 Å². The SMILES string of the molecule is CCn1nc(C)c(Cl)c1CC(N)c1cc(C)ccn1. The van der Waals surface area contributed by atoms with Gasteiger partial charge in [0, 0.05) is 19.2 Å². The number of nitrogens with two attached hydrogens (primary N) is 1. The zero-order valence-corrected chi connectivity index (χ0v) is 12.3. The summed E-state index contributed by atoms with van der Waals surface area (Å²) in [5.41, 5.74) is 10.1. The van der Waals surface area contributed by atoms with Gasteiger partial charge >= 0.3 is 0 Å². The lowest BCUT2D eigenvalue weighted by Gasteiger charge is -2.13. The van der Waals surface area contributed by atoms with Crippen molar-refractivity contribution in [2.24, 2.45) is 5.73 Å². The quantitative estimate of drug-likeness (QED) is 0.936. The first kappa shape index (κ1) is 14.0. The molecule has 2 aromatic rings. The Morgan fingerprint density at radius 3 is 2.79 bits per heavy atom. The van der Waals surface area contributed by atoms with Crippen LogP contribution < -0.4 is 5.73 Å². The van der Waals surface area contributed by atoms with Gasteiger partial charge in [0.05, 0.1) is 28.1 Å². The van der Waals surface area contributed by atoms with Crippen molar-refractivity contribution < 1.29 is 0 Å². The topological polar surface area (TPSA) is 56.7 Å². The van der Waals surface area contributed by atoms with Gasteiger partial charge in [0.2, 0.25) is 0 Å². The first-order chi connectivity index (χ1) is 9.02. The Kier molecular flexibility index (Phi) is 4.22. The Labute approximate surface area is 118 Å². The molecular formula is C14H19ClN4. The van der Waals surface area contributed by atoms with Crippen LogP contribution in [0.1, 0.15) is 35.6 Å². The van der Waals surface area contributed by atoms with Crippen molar-refractivity contribution in [3.8, 4) is 0 Å². The highest BCUT2D eigenvalue weighted by atomic mass is 35.5. The molecule has 0 aromatic carbocycles. The molecule has 0 saturated heterocycles. The van der Waals surface area contributed by atoms with Gasteiger partial charge in [0.1, 0.15) is 0 Å². The maximum atomic E-state index is 6.30. The normalized spacial score (nSPS) is 12.7. The second-order valence-corrected chi connectivity index (χ2v) is 5.11. The van der Waals surface area contributed by atoms with Crippen molar-refractivity contribution in [1.82, 2.24) is 14.8 Å². The van der Waals surface area contributed by atoms with E-state index in [1.807, 2.05) is 37.6 Å². The first-order valence-corrected chi connectivity index (χ1v) is 6.80. The molecule has 19 heavy (non-hydrogen) atoms. The fourth-order valence-corrected chi connectivity index (χ4v) is 2.35. The van der Waals surface area contributed by atoms with Crippen LogP contribution in [0.2, 0.25) is 5.02 Å². The monoisotopic (exact) mass is 278 g/mol. The third-order valence-electron chi connectivity index (χ3n) is 3.18. The molecule has 0 radical (unpaired) electrons. The van der Waals surface area contributed by atoms with Crippen molar-refractivity contribution in [3.05, 3.63) is 46.0 Å². The molecule has 2 aromatic heterocycles. The molecule has 0 aliphatic rings. The van der Waals surface area contributed by atoms with E-state index < -0.39 is 0 Å². The van der Waals surface area contributed by atoms with Crippen LogP contribution in [-0.2, 0) is 13.0 Å². The Morgan fingerprint density at radius 2 is 2.16 bits per heavy atom. The second-order valence-electron chi connectivity index (χ2n) is 4.73. The van der Waals surface area contributed by atoms with E-state index in [1.165, 1.54) is 0 Å². The van der Waals surface area contributed by atoms with Crippen LogP contribution in [0.15, 0.2) is 18.3 Å². The third-order valence-corrected chi connectivity index (χ3v) is 3.67. The highest BCUT2D eigenvalue weighted by molar-refractivity contribution is 6.31. The van der Waals surface area contributed by atoms with Crippen LogP contribution >= 0.6 is 11.6 Å². The average Bonchev–Trinajstić information content (AvgIpc) is 2.66. The Balaban J connectivity index is 2.26. The Hall–Kier alpha value is -1.39. The first-order valence-electron chi connectivity index (χ1n) is 6.42. The summed E-state index contributed by atoms with van der Waals surface area (Å²) in [4.78, 5) is 4.33. The summed E-state index contributed by atoms with van der Waals surface area (Å²) in [7, 11) is 0. The predicted octanol–water partition coefficient (Wildman–Crippen LogP) is 2.81. The lowest BCUT2D eigenvalue weighted by molar-refractivity contribution is 0.582. The van der Waals surface area contributed by atoms with Gasteiger partial charge in [-0.3, -0.25) is 9.67 Å². The van der Waals surface area contributed by atoms with Crippen LogP contribution in [0.25, 0.3) is 0 Å². The van der Waals surface area contributed by atoms with E-state index in [9.17, 15) is 0 Å². The molecular weight excluding hydrogens is 260 g/mol. The molecule has 1 atom stereocenters. The lowest BCUT2D eigenvalue weighted by atomic mass is 10.1. The molecule has 2 heterocycles. The van der Waals surface area contributed by atoms with E-state index in [2.05, 4.69) is 10.1 Å². The molecule has 0 fully saturated rings. The Bertz CT molecular complexity index is 577. The highest BCUT2D eigenvalue weighted by Gasteiger charge is 2.17. The fourth-order valence-electron chi connectivity index (χ4n) is 2.14. The summed E-state index contributed by atoms with van der Waals surface area (Å²) in [5.74, 6) is 0. The number of halogens is 1. The maximum absolute atomic E-state index is 6.30.